The summed E-state index contributed by atoms with van der Waals surface area (Å²) >= 11 is 0. The van der Waals surface area contributed by atoms with Gasteiger partial charge in [0.2, 0.25) is 0 Å². The first-order valence-corrected chi connectivity index (χ1v) is 9.54. The molecular weight excluding hydrogens is 328 g/mol. The molecule has 1 aliphatic carbocycles. The summed E-state index contributed by atoms with van der Waals surface area (Å²) < 4.78 is 11.5. The van der Waals surface area contributed by atoms with Crippen molar-refractivity contribution in [3.05, 3.63) is 29.8 Å². The van der Waals surface area contributed by atoms with Gasteiger partial charge in [-0.1, -0.05) is 39.8 Å². The van der Waals surface area contributed by atoms with Crippen LogP contribution in [0.15, 0.2) is 24.3 Å². The maximum absolute atomic E-state index is 11.0. The van der Waals surface area contributed by atoms with Crippen LogP contribution in [0.25, 0.3) is 0 Å². The molecular formula is C21H34N2O3. The van der Waals surface area contributed by atoms with Crippen molar-refractivity contribution in [2.45, 2.75) is 52.7 Å². The lowest BCUT2D eigenvalue weighted by Crippen LogP contribution is -2.30. The SMILES string of the molecule is CC(NCCCN)c1ccc(OC[C@@]2(OC=O)C(C(C)(C)C)[C@@H]2C)cc1. The maximum Gasteiger partial charge on any atom is 0.293 e. The fourth-order valence-corrected chi connectivity index (χ4v) is 4.20. The first-order valence-electron chi connectivity index (χ1n) is 9.54. The van der Waals surface area contributed by atoms with Crippen LogP contribution >= 0.6 is 0 Å². The maximum atomic E-state index is 11.0. The third-order valence-electron chi connectivity index (χ3n) is 5.56. The molecule has 0 spiro atoms. The molecule has 1 aromatic carbocycles. The summed E-state index contributed by atoms with van der Waals surface area (Å²) in [6.07, 6.45) is 0.970. The lowest BCUT2D eigenvalue weighted by Gasteiger charge is -2.24. The van der Waals surface area contributed by atoms with Crippen molar-refractivity contribution < 1.29 is 14.3 Å². The van der Waals surface area contributed by atoms with Gasteiger partial charge in [-0.25, -0.2) is 0 Å². The van der Waals surface area contributed by atoms with Gasteiger partial charge < -0.3 is 20.5 Å². The van der Waals surface area contributed by atoms with E-state index in [1.165, 1.54) is 5.56 Å². The number of carbonyl (C=O) groups is 1. The fraction of sp³-hybridized carbons (Fsp3) is 0.667. The Morgan fingerprint density at radius 1 is 1.31 bits per heavy atom. The standard InChI is InChI=1S/C21H34N2O3/c1-15-19(20(3,4)5)21(15,26-14-24)13-25-18-9-7-17(8-10-18)16(2)23-12-6-11-22/h7-10,14-16,19,23H,6,11-13,22H2,1-5H3/t15-,16?,19?,21-/m0/s1. The minimum atomic E-state index is -0.518. The Balaban J connectivity index is 1.95. The van der Waals surface area contributed by atoms with Gasteiger partial charge in [-0.05, 0) is 49.5 Å². The van der Waals surface area contributed by atoms with E-state index in [2.05, 4.69) is 52.1 Å². The number of benzene rings is 1. The highest BCUT2D eigenvalue weighted by Gasteiger charge is 2.69. The smallest absolute Gasteiger partial charge is 0.293 e. The number of ether oxygens (including phenoxy) is 2. The summed E-state index contributed by atoms with van der Waals surface area (Å²) in [6, 6.07) is 8.36. The van der Waals surface area contributed by atoms with E-state index in [1.54, 1.807) is 0 Å². The minimum absolute atomic E-state index is 0.0697. The molecule has 2 rings (SSSR count). The molecule has 3 N–H and O–H groups in total. The molecule has 2 unspecified atom stereocenters. The largest absolute Gasteiger partial charge is 0.489 e. The Hall–Kier alpha value is -1.59. The van der Waals surface area contributed by atoms with Gasteiger partial charge in [0.05, 0.1) is 0 Å². The Labute approximate surface area is 157 Å². The Morgan fingerprint density at radius 3 is 2.46 bits per heavy atom. The molecule has 1 fully saturated rings. The van der Waals surface area contributed by atoms with E-state index in [0.29, 0.717) is 31.5 Å². The first kappa shape index (κ1) is 20.7. The van der Waals surface area contributed by atoms with E-state index in [1.807, 2.05) is 12.1 Å². The van der Waals surface area contributed by atoms with Crippen molar-refractivity contribution in [3.8, 4) is 5.75 Å². The second kappa shape index (κ2) is 8.40. The zero-order chi connectivity index (χ0) is 19.4. The van der Waals surface area contributed by atoms with E-state index in [4.69, 9.17) is 15.2 Å². The van der Waals surface area contributed by atoms with Crippen molar-refractivity contribution in [3.63, 3.8) is 0 Å². The van der Waals surface area contributed by atoms with Gasteiger partial charge in [0.1, 0.15) is 12.4 Å². The number of nitrogens with one attached hydrogen (secondary N) is 1. The van der Waals surface area contributed by atoms with Crippen LogP contribution < -0.4 is 15.8 Å². The summed E-state index contributed by atoms with van der Waals surface area (Å²) in [5.74, 6) is 1.38. The summed E-state index contributed by atoms with van der Waals surface area (Å²) in [4.78, 5) is 11.0. The third kappa shape index (κ3) is 4.57. The molecule has 0 heterocycles. The van der Waals surface area contributed by atoms with Gasteiger partial charge in [0.25, 0.3) is 6.47 Å². The summed E-state index contributed by atoms with van der Waals surface area (Å²) in [6.45, 7) is 13.4. The third-order valence-corrected chi connectivity index (χ3v) is 5.56. The molecule has 0 aromatic heterocycles. The van der Waals surface area contributed by atoms with E-state index >= 15 is 0 Å². The highest BCUT2D eigenvalue weighted by molar-refractivity contribution is 5.41. The van der Waals surface area contributed by atoms with Crippen LogP contribution in [-0.2, 0) is 9.53 Å². The molecule has 4 atom stereocenters. The molecule has 146 valence electrons. The van der Waals surface area contributed by atoms with Crippen molar-refractivity contribution in [2.75, 3.05) is 19.7 Å². The number of nitrogens with two attached hydrogens (primary N) is 1. The molecule has 1 saturated carbocycles. The van der Waals surface area contributed by atoms with Crippen molar-refractivity contribution in [1.82, 2.24) is 5.32 Å². The summed E-state index contributed by atoms with van der Waals surface area (Å²) in [5.41, 5.74) is 6.29. The van der Waals surface area contributed by atoms with Crippen LogP contribution in [0.2, 0.25) is 0 Å². The van der Waals surface area contributed by atoms with Crippen LogP contribution in [0.1, 0.15) is 52.6 Å². The second-order valence-corrected chi connectivity index (χ2v) is 8.48. The van der Waals surface area contributed by atoms with Gasteiger partial charge in [-0.15, -0.1) is 0 Å². The number of hydrogen-bond donors (Lipinski definition) is 2. The molecule has 26 heavy (non-hydrogen) atoms. The van der Waals surface area contributed by atoms with Crippen LogP contribution in [0, 0.1) is 17.3 Å². The van der Waals surface area contributed by atoms with Crippen molar-refractivity contribution in [1.29, 1.82) is 0 Å². The Morgan fingerprint density at radius 2 is 1.96 bits per heavy atom. The number of rotatable bonds is 10. The van der Waals surface area contributed by atoms with Crippen LogP contribution in [0.3, 0.4) is 0 Å². The quantitative estimate of drug-likeness (QED) is 0.493. The average molecular weight is 363 g/mol. The summed E-state index contributed by atoms with van der Waals surface area (Å²) in [7, 11) is 0. The van der Waals surface area contributed by atoms with Gasteiger partial charge in [-0.3, -0.25) is 4.79 Å². The van der Waals surface area contributed by atoms with Gasteiger partial charge in [0.15, 0.2) is 5.60 Å². The number of hydrogen-bond acceptors (Lipinski definition) is 5. The lowest BCUT2D eigenvalue weighted by molar-refractivity contribution is -0.140. The molecule has 0 bridgehead atoms. The zero-order valence-electron chi connectivity index (χ0n) is 16.7. The predicted octanol–water partition coefficient (Wildman–Crippen LogP) is 3.29. The van der Waals surface area contributed by atoms with Gasteiger partial charge in [0, 0.05) is 17.9 Å². The van der Waals surface area contributed by atoms with Crippen molar-refractivity contribution in [2.24, 2.45) is 23.0 Å². The number of carbonyl (C=O) groups excluding carboxylic acids is 1. The Bertz CT molecular complexity index is 582. The molecule has 5 nitrogen and oxygen atoms in total. The highest BCUT2D eigenvalue weighted by Crippen LogP contribution is 2.61. The normalized spacial score (nSPS) is 26.2. The molecule has 0 radical (unpaired) electrons. The predicted molar refractivity (Wildman–Crippen MR) is 104 cm³/mol. The van der Waals surface area contributed by atoms with E-state index in [9.17, 15) is 4.79 Å². The topological polar surface area (TPSA) is 73.6 Å². The van der Waals surface area contributed by atoms with Crippen LogP contribution in [0.5, 0.6) is 5.75 Å². The van der Waals surface area contributed by atoms with Crippen molar-refractivity contribution >= 4 is 6.47 Å². The minimum Gasteiger partial charge on any atom is -0.489 e. The second-order valence-electron chi connectivity index (χ2n) is 8.48. The molecule has 0 saturated heterocycles. The van der Waals surface area contributed by atoms with E-state index < -0.39 is 5.60 Å². The lowest BCUT2D eigenvalue weighted by atomic mass is 9.87. The molecule has 1 aromatic rings. The fourth-order valence-electron chi connectivity index (χ4n) is 4.20. The van der Waals surface area contributed by atoms with E-state index in [-0.39, 0.29) is 11.5 Å². The van der Waals surface area contributed by atoms with E-state index in [0.717, 1.165) is 18.7 Å². The highest BCUT2D eigenvalue weighted by atomic mass is 16.6. The van der Waals surface area contributed by atoms with Crippen LogP contribution in [-0.4, -0.2) is 31.8 Å². The summed E-state index contributed by atoms with van der Waals surface area (Å²) in [5, 5.41) is 3.45. The molecule has 0 amide bonds. The van der Waals surface area contributed by atoms with Gasteiger partial charge in [-0.2, -0.15) is 0 Å². The zero-order valence-corrected chi connectivity index (χ0v) is 16.7. The Kier molecular flexibility index (Phi) is 6.69. The first-order chi connectivity index (χ1) is 12.3. The average Bonchev–Trinajstić information content (AvgIpc) is 3.18. The monoisotopic (exact) mass is 362 g/mol. The van der Waals surface area contributed by atoms with Crippen LogP contribution in [0.4, 0.5) is 0 Å². The molecule has 0 aliphatic heterocycles. The van der Waals surface area contributed by atoms with Gasteiger partial charge >= 0.3 is 0 Å². The molecule has 5 heteroatoms. The molecule has 1 aliphatic rings.